The van der Waals surface area contributed by atoms with Gasteiger partial charge in [-0.25, -0.2) is 0 Å². The fraction of sp³-hybridized carbons (Fsp3) is 1.00. The topological polar surface area (TPSA) is 35.2 Å². The normalized spacial score (nSPS) is 54.2. The molecule has 5 fully saturated rings. The molecule has 2 nitrogen and oxygen atoms in total. The van der Waals surface area contributed by atoms with Gasteiger partial charge in [0.05, 0.1) is 6.61 Å². The third-order valence-corrected chi connectivity index (χ3v) is 6.71. The molecule has 1 unspecified atom stereocenters. The highest BCUT2D eigenvalue weighted by atomic mass is 16.5. The molecule has 2 N–H and O–H groups in total. The zero-order valence-electron chi connectivity index (χ0n) is 11.4. The minimum Gasteiger partial charge on any atom is -0.381 e. The highest BCUT2D eigenvalue weighted by molar-refractivity contribution is 5.00. The molecule has 102 valence electrons. The predicted molar refractivity (Wildman–Crippen MR) is 72.1 cm³/mol. The average molecular weight is 249 g/mol. The van der Waals surface area contributed by atoms with Crippen LogP contribution in [0.5, 0.6) is 0 Å². The maximum Gasteiger partial charge on any atom is 0.0535 e. The third kappa shape index (κ3) is 1.76. The van der Waals surface area contributed by atoms with Crippen LogP contribution < -0.4 is 5.73 Å². The summed E-state index contributed by atoms with van der Waals surface area (Å²) >= 11 is 0. The van der Waals surface area contributed by atoms with Crippen LogP contribution >= 0.6 is 0 Å². The van der Waals surface area contributed by atoms with E-state index in [1.54, 1.807) is 32.1 Å². The molecule has 1 aliphatic heterocycles. The Morgan fingerprint density at radius 2 is 1.67 bits per heavy atom. The molecule has 0 aromatic rings. The van der Waals surface area contributed by atoms with Crippen LogP contribution in [-0.4, -0.2) is 19.8 Å². The summed E-state index contributed by atoms with van der Waals surface area (Å²) in [7, 11) is 0. The number of nitrogens with two attached hydrogens (primary N) is 1. The maximum absolute atomic E-state index is 6.09. The molecule has 2 heteroatoms. The van der Waals surface area contributed by atoms with Crippen molar-refractivity contribution in [1.82, 2.24) is 0 Å². The Morgan fingerprint density at radius 1 is 1.00 bits per heavy atom. The molecular formula is C16H27NO. The van der Waals surface area contributed by atoms with Gasteiger partial charge in [-0.15, -0.1) is 0 Å². The second-order valence-electron chi connectivity index (χ2n) is 7.81. The van der Waals surface area contributed by atoms with E-state index in [2.05, 4.69) is 0 Å². The Morgan fingerprint density at radius 3 is 2.17 bits per heavy atom. The van der Waals surface area contributed by atoms with Gasteiger partial charge in [-0.05, 0) is 74.5 Å². The lowest BCUT2D eigenvalue weighted by Gasteiger charge is -2.56. The zero-order valence-corrected chi connectivity index (χ0v) is 11.4. The molecule has 1 atom stereocenters. The highest BCUT2D eigenvalue weighted by Crippen LogP contribution is 2.59. The number of hydrogen-bond donors (Lipinski definition) is 1. The van der Waals surface area contributed by atoms with E-state index in [0.717, 1.165) is 49.3 Å². The first kappa shape index (κ1) is 11.7. The van der Waals surface area contributed by atoms with Crippen molar-refractivity contribution >= 4 is 0 Å². The molecule has 4 aliphatic carbocycles. The Kier molecular flexibility index (Phi) is 2.74. The molecule has 5 aliphatic rings. The maximum atomic E-state index is 6.09. The van der Waals surface area contributed by atoms with Gasteiger partial charge in [0, 0.05) is 18.6 Å². The molecule has 5 rings (SSSR count). The summed E-state index contributed by atoms with van der Waals surface area (Å²) in [6, 6.07) is 0. The second-order valence-corrected chi connectivity index (χ2v) is 7.81. The van der Waals surface area contributed by atoms with Crippen LogP contribution in [-0.2, 0) is 4.74 Å². The van der Waals surface area contributed by atoms with Crippen LogP contribution in [0.15, 0.2) is 0 Å². The molecule has 0 amide bonds. The van der Waals surface area contributed by atoms with E-state index >= 15 is 0 Å². The molecule has 18 heavy (non-hydrogen) atoms. The van der Waals surface area contributed by atoms with Crippen molar-refractivity contribution in [2.24, 2.45) is 40.7 Å². The quantitative estimate of drug-likeness (QED) is 0.834. The van der Waals surface area contributed by atoms with Crippen molar-refractivity contribution in [3.05, 3.63) is 0 Å². The van der Waals surface area contributed by atoms with E-state index in [1.165, 1.54) is 12.8 Å². The summed E-state index contributed by atoms with van der Waals surface area (Å²) in [5, 5.41) is 0. The van der Waals surface area contributed by atoms with Crippen molar-refractivity contribution in [1.29, 1.82) is 0 Å². The molecule has 0 spiro atoms. The van der Waals surface area contributed by atoms with Gasteiger partial charge in [0.25, 0.3) is 0 Å². The van der Waals surface area contributed by atoms with E-state index in [1.807, 2.05) is 0 Å². The Balaban J connectivity index is 1.51. The van der Waals surface area contributed by atoms with Crippen molar-refractivity contribution in [3.63, 3.8) is 0 Å². The predicted octanol–water partition coefficient (Wildman–Crippen LogP) is 2.81. The van der Waals surface area contributed by atoms with E-state index in [-0.39, 0.29) is 0 Å². The first-order valence-electron chi connectivity index (χ1n) is 8.06. The highest BCUT2D eigenvalue weighted by Gasteiger charge is 2.50. The molecule has 1 heterocycles. The van der Waals surface area contributed by atoms with Crippen LogP contribution in [0, 0.1) is 35.0 Å². The number of hydrogen-bond acceptors (Lipinski definition) is 2. The SMILES string of the molecule is NCC1(CC2C3CC4CC(C3)CC2C4)CCOC1. The second kappa shape index (κ2) is 4.21. The summed E-state index contributed by atoms with van der Waals surface area (Å²) in [4.78, 5) is 0. The van der Waals surface area contributed by atoms with E-state index in [9.17, 15) is 0 Å². The van der Waals surface area contributed by atoms with Gasteiger partial charge in [-0.3, -0.25) is 0 Å². The van der Waals surface area contributed by atoms with Gasteiger partial charge in [-0.1, -0.05) is 0 Å². The Bertz CT molecular complexity index is 293. The van der Waals surface area contributed by atoms with Crippen molar-refractivity contribution in [3.8, 4) is 0 Å². The monoisotopic (exact) mass is 249 g/mol. The van der Waals surface area contributed by atoms with Crippen LogP contribution in [0.25, 0.3) is 0 Å². The number of rotatable bonds is 3. The van der Waals surface area contributed by atoms with Crippen LogP contribution in [0.3, 0.4) is 0 Å². The van der Waals surface area contributed by atoms with Gasteiger partial charge in [0.15, 0.2) is 0 Å². The zero-order chi connectivity index (χ0) is 12.2. The van der Waals surface area contributed by atoms with Crippen LogP contribution in [0.2, 0.25) is 0 Å². The Labute approximate surface area is 111 Å². The number of ether oxygens (including phenoxy) is 1. The standard InChI is InChI=1S/C16H27NO/c17-9-16(1-2-18-10-16)8-15-13-4-11-3-12(6-13)7-14(15)5-11/h11-15H,1-10,17H2. The minimum atomic E-state index is 0.347. The summed E-state index contributed by atoms with van der Waals surface area (Å²) < 4.78 is 5.66. The summed E-state index contributed by atoms with van der Waals surface area (Å²) in [6.45, 7) is 2.73. The molecule has 4 bridgehead atoms. The van der Waals surface area contributed by atoms with Crippen LogP contribution in [0.1, 0.15) is 44.9 Å². The van der Waals surface area contributed by atoms with Crippen molar-refractivity contribution in [2.45, 2.75) is 44.9 Å². The molecule has 0 radical (unpaired) electrons. The lowest BCUT2D eigenvalue weighted by Crippen LogP contribution is -2.47. The lowest BCUT2D eigenvalue weighted by molar-refractivity contribution is -0.0559. The minimum absolute atomic E-state index is 0.347. The average Bonchev–Trinajstić information content (AvgIpc) is 2.82. The van der Waals surface area contributed by atoms with Gasteiger partial charge >= 0.3 is 0 Å². The van der Waals surface area contributed by atoms with Gasteiger partial charge < -0.3 is 10.5 Å². The first-order valence-corrected chi connectivity index (χ1v) is 8.06. The van der Waals surface area contributed by atoms with Gasteiger partial charge in [0.2, 0.25) is 0 Å². The molecule has 0 aromatic carbocycles. The van der Waals surface area contributed by atoms with Gasteiger partial charge in [0.1, 0.15) is 0 Å². The Hall–Kier alpha value is -0.0800. The summed E-state index contributed by atoms with van der Waals surface area (Å²) in [5.74, 6) is 5.27. The smallest absolute Gasteiger partial charge is 0.0535 e. The molecule has 0 aromatic heterocycles. The van der Waals surface area contributed by atoms with Crippen molar-refractivity contribution < 1.29 is 4.74 Å². The van der Waals surface area contributed by atoms with Crippen LogP contribution in [0.4, 0.5) is 0 Å². The lowest BCUT2D eigenvalue weighted by atomic mass is 9.50. The fourth-order valence-electron chi connectivity index (χ4n) is 5.93. The largest absolute Gasteiger partial charge is 0.381 e. The van der Waals surface area contributed by atoms with E-state index in [0.29, 0.717) is 5.41 Å². The van der Waals surface area contributed by atoms with E-state index in [4.69, 9.17) is 10.5 Å². The van der Waals surface area contributed by atoms with E-state index < -0.39 is 0 Å². The third-order valence-electron chi connectivity index (χ3n) is 6.71. The summed E-state index contributed by atoms with van der Waals surface area (Å²) in [6.07, 6.45) is 10.3. The summed E-state index contributed by atoms with van der Waals surface area (Å²) in [5.41, 5.74) is 6.44. The molecule has 1 saturated heterocycles. The van der Waals surface area contributed by atoms with Gasteiger partial charge in [-0.2, -0.15) is 0 Å². The molecular weight excluding hydrogens is 222 g/mol. The van der Waals surface area contributed by atoms with Crippen molar-refractivity contribution in [2.75, 3.05) is 19.8 Å². The fourth-order valence-corrected chi connectivity index (χ4v) is 5.93. The first-order chi connectivity index (χ1) is 8.78. The molecule has 4 saturated carbocycles.